The molecule has 0 aromatic heterocycles. The number of guanidine groups is 1. The summed E-state index contributed by atoms with van der Waals surface area (Å²) < 4.78 is 0. The standard InChI is InChI=1S/C51H75N13O13S/c1-3-29(2)42(63-48(75)38(28-78)62-44(71)34(16-10-22-56-51(54)55)59-45(72)35(18-20-40(53)67)58-43(70)33(52)27-66)50(77)64-23-11-17-39(64)49(76)60-36(19-21-41(68)69)46(73)61-37(25-31-14-8-5-9-15-31)47(74)57-32(26-65)24-30-12-6-4-7-13-30/h4-9,12-15,26,29,32-39,42,66,78H,3,10-11,16-25,27-28,52H2,1-2H3,(H2,53,67)(H,57,74)(H,58,70)(H,59,72)(H,60,76)(H,61,73)(H,62,71)(H,63,75)(H,68,69)(H4,54,55,56)/t29-,32-,33-,34-,35-,36-,37-,38-,39-,42-/m0/s1. The molecule has 1 aliphatic rings. The van der Waals surface area contributed by atoms with Gasteiger partial charge in [-0.05, 0) is 62.0 Å². The number of nitrogens with zero attached hydrogens (tertiary/aromatic N) is 2. The number of likely N-dealkylation sites (tertiary alicyclic amines) is 1. The van der Waals surface area contributed by atoms with Crippen molar-refractivity contribution in [2.45, 2.75) is 139 Å². The fourth-order valence-corrected chi connectivity index (χ4v) is 8.52. The maximum absolute atomic E-state index is 14.5. The Morgan fingerprint density at radius 1 is 0.705 bits per heavy atom. The third kappa shape index (κ3) is 21.8. The summed E-state index contributed by atoms with van der Waals surface area (Å²) in [4.78, 5) is 152. The SMILES string of the molecule is CC[C@H](C)[C@H](NC(=O)[C@H](CS)NC(=O)[C@H](CCCN=C(N)N)NC(=O)[C@H](CCC(N)=O)NC(=O)[C@@H](N)CO)C(=O)N1CCC[C@H]1C(=O)N[C@@H](CCC(=O)O)C(=O)N[C@@H](Cc1ccccc1)C(=O)N[C@H](C=O)Cc1ccccc1. The first-order valence-corrected chi connectivity index (χ1v) is 26.2. The monoisotopic (exact) mass is 1110 g/mol. The highest BCUT2D eigenvalue weighted by atomic mass is 32.1. The molecular formula is C51H75N13O13S. The largest absolute Gasteiger partial charge is 0.481 e. The van der Waals surface area contributed by atoms with E-state index >= 15 is 0 Å². The van der Waals surface area contributed by atoms with Crippen molar-refractivity contribution in [3.05, 3.63) is 71.8 Å². The summed E-state index contributed by atoms with van der Waals surface area (Å²) in [6.45, 7) is 2.74. The Bertz CT molecular complexity index is 2400. The number of amides is 9. The summed E-state index contributed by atoms with van der Waals surface area (Å²) in [6, 6.07) is 5.63. The van der Waals surface area contributed by atoms with Crippen LogP contribution in [0, 0.1) is 5.92 Å². The number of carboxylic acid groups (broad SMARTS) is 1. The van der Waals surface area contributed by atoms with Gasteiger partial charge in [0, 0.05) is 38.1 Å². The first-order valence-electron chi connectivity index (χ1n) is 25.6. The topological polar surface area (TPSA) is 432 Å². The first-order chi connectivity index (χ1) is 37.1. The van der Waals surface area contributed by atoms with E-state index in [1.165, 1.54) is 4.90 Å². The quantitative estimate of drug-likeness (QED) is 0.0106. The molecule has 3 rings (SSSR count). The van der Waals surface area contributed by atoms with Crippen molar-refractivity contribution in [3.8, 4) is 0 Å². The van der Waals surface area contributed by atoms with Gasteiger partial charge in [-0.3, -0.25) is 52.9 Å². The number of carbonyl (C=O) groups excluding carboxylic acids is 10. The maximum Gasteiger partial charge on any atom is 0.303 e. The number of carboxylic acids is 1. The summed E-state index contributed by atoms with van der Waals surface area (Å²) in [5, 5.41) is 37.0. The van der Waals surface area contributed by atoms with E-state index in [1.807, 2.05) is 0 Å². The molecule has 0 unspecified atom stereocenters. The molecule has 26 nitrogen and oxygen atoms in total. The van der Waals surface area contributed by atoms with Crippen LogP contribution in [0.15, 0.2) is 65.7 Å². The number of primary amides is 1. The maximum atomic E-state index is 14.5. The number of carbonyl (C=O) groups is 11. The van der Waals surface area contributed by atoms with Crippen LogP contribution in [-0.2, 0) is 65.6 Å². The number of aliphatic hydroxyl groups is 1. The second-order valence-corrected chi connectivity index (χ2v) is 19.2. The second kappa shape index (κ2) is 33.5. The lowest BCUT2D eigenvalue weighted by Crippen LogP contribution is -2.61. The van der Waals surface area contributed by atoms with E-state index in [0.717, 1.165) is 5.56 Å². The van der Waals surface area contributed by atoms with Gasteiger partial charge < -0.3 is 80.1 Å². The van der Waals surface area contributed by atoms with Gasteiger partial charge in [-0.2, -0.15) is 12.6 Å². The molecule has 1 fully saturated rings. The minimum absolute atomic E-state index is 0.0175. The van der Waals surface area contributed by atoms with Crippen molar-refractivity contribution in [1.29, 1.82) is 0 Å². The number of aliphatic hydroxyl groups excluding tert-OH is 1. The van der Waals surface area contributed by atoms with Crippen LogP contribution in [-0.4, -0.2) is 166 Å². The molecule has 1 aliphatic heterocycles. The summed E-state index contributed by atoms with van der Waals surface area (Å²) in [5.41, 5.74) is 23.2. The van der Waals surface area contributed by atoms with Crippen LogP contribution >= 0.6 is 12.6 Å². The molecule has 0 bridgehead atoms. The fraction of sp³-hybridized carbons (Fsp3) is 0.529. The van der Waals surface area contributed by atoms with Gasteiger partial charge in [0.1, 0.15) is 54.6 Å². The molecule has 0 spiro atoms. The van der Waals surface area contributed by atoms with Crippen molar-refractivity contribution in [1.82, 2.24) is 42.1 Å². The Kier molecular flexibility index (Phi) is 27.8. The molecule has 27 heteroatoms. The fourth-order valence-electron chi connectivity index (χ4n) is 8.27. The number of thiol groups is 1. The highest BCUT2D eigenvalue weighted by Gasteiger charge is 2.41. The average molecular weight is 1110 g/mol. The lowest BCUT2D eigenvalue weighted by molar-refractivity contribution is -0.143. The highest BCUT2D eigenvalue weighted by molar-refractivity contribution is 7.80. The molecule has 0 aliphatic carbocycles. The lowest BCUT2D eigenvalue weighted by Gasteiger charge is -2.33. The van der Waals surface area contributed by atoms with Crippen molar-refractivity contribution in [2.75, 3.05) is 25.4 Å². The molecule has 17 N–H and O–H groups in total. The zero-order valence-corrected chi connectivity index (χ0v) is 44.7. The summed E-state index contributed by atoms with van der Waals surface area (Å²) in [6.07, 6.45) is -0.175. The number of hydrogen-bond donors (Lipinski definition) is 14. The number of hydrogen-bond acceptors (Lipinski definition) is 15. The van der Waals surface area contributed by atoms with E-state index in [0.29, 0.717) is 24.7 Å². The summed E-state index contributed by atoms with van der Waals surface area (Å²) in [5.74, 6) is -9.97. The molecule has 1 heterocycles. The van der Waals surface area contributed by atoms with Crippen molar-refractivity contribution in [3.63, 3.8) is 0 Å². The van der Waals surface area contributed by atoms with Gasteiger partial charge in [-0.1, -0.05) is 80.9 Å². The van der Waals surface area contributed by atoms with Crippen molar-refractivity contribution in [2.24, 2.45) is 33.8 Å². The molecule has 0 radical (unpaired) electrons. The number of aliphatic carboxylic acids is 1. The van der Waals surface area contributed by atoms with E-state index < -0.39 is 139 Å². The minimum atomic E-state index is -1.52. The molecule has 9 amide bonds. The number of nitrogens with two attached hydrogens (primary N) is 4. The zero-order valence-electron chi connectivity index (χ0n) is 43.8. The van der Waals surface area contributed by atoms with Crippen LogP contribution in [0.25, 0.3) is 0 Å². The molecule has 78 heavy (non-hydrogen) atoms. The molecule has 428 valence electrons. The number of nitrogens with one attached hydrogen (secondary N) is 7. The van der Waals surface area contributed by atoms with Gasteiger partial charge in [-0.15, -0.1) is 0 Å². The van der Waals surface area contributed by atoms with Crippen LogP contribution in [0.3, 0.4) is 0 Å². The highest BCUT2D eigenvalue weighted by Crippen LogP contribution is 2.22. The normalized spacial score (nSPS) is 16.4. The second-order valence-electron chi connectivity index (χ2n) is 18.9. The minimum Gasteiger partial charge on any atom is -0.481 e. The first kappa shape index (κ1) is 64.6. The number of benzene rings is 2. The van der Waals surface area contributed by atoms with Gasteiger partial charge in [0.25, 0.3) is 0 Å². The van der Waals surface area contributed by atoms with Crippen molar-refractivity contribution >= 4 is 84.0 Å². The Morgan fingerprint density at radius 2 is 1.22 bits per heavy atom. The molecule has 1 saturated heterocycles. The molecule has 10 atom stereocenters. The van der Waals surface area contributed by atoms with Gasteiger partial charge in [0.2, 0.25) is 53.2 Å². The van der Waals surface area contributed by atoms with Gasteiger partial charge in [-0.25, -0.2) is 0 Å². The zero-order chi connectivity index (χ0) is 57.9. The van der Waals surface area contributed by atoms with Gasteiger partial charge in [0.05, 0.1) is 12.6 Å². The molecule has 2 aromatic carbocycles. The van der Waals surface area contributed by atoms with Crippen LogP contribution in [0.5, 0.6) is 0 Å². The van der Waals surface area contributed by atoms with Crippen LogP contribution < -0.4 is 60.2 Å². The van der Waals surface area contributed by atoms with E-state index in [4.69, 9.17) is 22.9 Å². The number of aliphatic imine (C=N–C) groups is 1. The van der Waals surface area contributed by atoms with E-state index in [-0.39, 0.29) is 69.7 Å². The van der Waals surface area contributed by atoms with Crippen molar-refractivity contribution < 1.29 is 63.0 Å². The molecule has 0 saturated carbocycles. The Morgan fingerprint density at radius 3 is 1.76 bits per heavy atom. The lowest BCUT2D eigenvalue weighted by atomic mass is 9.96. The third-order valence-corrected chi connectivity index (χ3v) is 13.2. The Labute approximate surface area is 457 Å². The van der Waals surface area contributed by atoms with Crippen LogP contribution in [0.4, 0.5) is 0 Å². The van der Waals surface area contributed by atoms with Crippen LogP contribution in [0.2, 0.25) is 0 Å². The van der Waals surface area contributed by atoms with E-state index in [2.05, 4.69) is 54.8 Å². The Balaban J connectivity index is 1.84. The third-order valence-electron chi connectivity index (χ3n) is 12.8. The van der Waals surface area contributed by atoms with Gasteiger partial charge >= 0.3 is 5.97 Å². The summed E-state index contributed by atoms with van der Waals surface area (Å²) in [7, 11) is 0. The van der Waals surface area contributed by atoms with Crippen LogP contribution in [0.1, 0.15) is 82.8 Å². The molecule has 2 aromatic rings. The average Bonchev–Trinajstić information content (AvgIpc) is 3.93. The number of aldehydes is 1. The van der Waals surface area contributed by atoms with Gasteiger partial charge in [0.15, 0.2) is 5.96 Å². The predicted molar refractivity (Wildman–Crippen MR) is 288 cm³/mol. The smallest absolute Gasteiger partial charge is 0.303 e. The predicted octanol–water partition coefficient (Wildman–Crippen LogP) is -3.47. The summed E-state index contributed by atoms with van der Waals surface area (Å²) >= 11 is 4.28. The van der Waals surface area contributed by atoms with E-state index in [9.17, 15) is 63.0 Å². The number of rotatable bonds is 34. The van der Waals surface area contributed by atoms with E-state index in [1.54, 1.807) is 74.5 Å². The molecular weight excluding hydrogens is 1030 g/mol. The Hall–Kier alpha value is -7.65.